The zero-order chi connectivity index (χ0) is 32.1. The van der Waals surface area contributed by atoms with Crippen molar-refractivity contribution < 1.29 is 38.1 Å². The van der Waals surface area contributed by atoms with Crippen molar-refractivity contribution in [3.05, 3.63) is 39.7 Å². The van der Waals surface area contributed by atoms with Crippen LogP contribution in [-0.2, 0) is 20.8 Å². The number of carbonyl (C=O) groups excluding carboxylic acids is 2. The number of aliphatic hydroxyl groups excluding tert-OH is 1. The Kier molecular flexibility index (Phi) is 8.78. The van der Waals surface area contributed by atoms with E-state index in [1.165, 1.54) is 14.0 Å². The van der Waals surface area contributed by atoms with Crippen LogP contribution in [0.15, 0.2) is 23.5 Å². The molecule has 4 atom stereocenters. The molecule has 0 radical (unpaired) electrons. The van der Waals surface area contributed by atoms with Crippen LogP contribution in [0.5, 0.6) is 5.75 Å². The summed E-state index contributed by atoms with van der Waals surface area (Å²) in [5.41, 5.74) is 4.54. The van der Waals surface area contributed by atoms with E-state index in [0.29, 0.717) is 42.0 Å². The van der Waals surface area contributed by atoms with E-state index in [1.807, 2.05) is 0 Å². The Morgan fingerprint density at radius 2 is 1.98 bits per heavy atom. The molecule has 11 nitrogen and oxygen atoms in total. The van der Waals surface area contributed by atoms with Gasteiger partial charge in [0.05, 0.1) is 23.8 Å². The second kappa shape index (κ2) is 12.0. The molecule has 4 aliphatic rings. The van der Waals surface area contributed by atoms with E-state index in [2.05, 4.69) is 0 Å². The number of nitrogens with two attached hydrogens (primary N) is 2. The third-order valence-electron chi connectivity index (χ3n) is 10.1. The molecule has 0 aromatic heterocycles. The number of halogens is 3. The van der Waals surface area contributed by atoms with E-state index in [4.69, 9.17) is 27.9 Å². The first-order chi connectivity index (χ1) is 20.7. The zero-order valence-electron chi connectivity index (χ0n) is 24.9. The SMILES string of the molecule is CN(N)/C(=C(\N)COc1ccc(Cl)c2c1C(CN1CC3(CC3)CC1=O)N(C(=O)[C@@H]1CCC[C@H](O)[C@]1(C)C(=O)O)CC2)C(F)F. The van der Waals surface area contributed by atoms with Crippen molar-refractivity contribution in [3.8, 4) is 5.75 Å². The second-order valence-electron chi connectivity index (χ2n) is 12.9. The molecule has 0 bridgehead atoms. The van der Waals surface area contributed by atoms with Gasteiger partial charge in [-0.25, -0.2) is 14.6 Å². The van der Waals surface area contributed by atoms with Crippen molar-refractivity contribution in [1.82, 2.24) is 14.8 Å². The molecule has 14 heteroatoms. The Labute approximate surface area is 259 Å². The minimum atomic E-state index is -2.95. The van der Waals surface area contributed by atoms with E-state index < -0.39 is 54.1 Å². The molecule has 242 valence electrons. The Morgan fingerprint density at radius 1 is 1.27 bits per heavy atom. The zero-order valence-corrected chi connectivity index (χ0v) is 25.7. The molecule has 2 saturated carbocycles. The molecule has 2 aliphatic heterocycles. The number of carbonyl (C=O) groups is 3. The van der Waals surface area contributed by atoms with Gasteiger partial charge in [-0.2, -0.15) is 0 Å². The van der Waals surface area contributed by atoms with Crippen LogP contribution in [-0.4, -0.2) is 88.6 Å². The van der Waals surface area contributed by atoms with Crippen LogP contribution in [0.2, 0.25) is 5.02 Å². The van der Waals surface area contributed by atoms with Crippen molar-refractivity contribution >= 4 is 29.4 Å². The number of amides is 2. The summed E-state index contributed by atoms with van der Waals surface area (Å²) in [6, 6.07) is 2.42. The fraction of sp³-hybridized carbons (Fsp3) is 0.633. The molecule has 2 heterocycles. The van der Waals surface area contributed by atoms with Gasteiger partial charge in [-0.3, -0.25) is 14.4 Å². The smallest absolute Gasteiger partial charge is 0.312 e. The quantitative estimate of drug-likeness (QED) is 0.235. The largest absolute Gasteiger partial charge is 0.487 e. The lowest BCUT2D eigenvalue weighted by Gasteiger charge is -2.46. The topological polar surface area (TPSA) is 163 Å². The van der Waals surface area contributed by atoms with Crippen molar-refractivity contribution in [2.45, 2.75) is 70.4 Å². The Bertz CT molecular complexity index is 1360. The first-order valence-corrected chi connectivity index (χ1v) is 15.3. The van der Waals surface area contributed by atoms with E-state index in [0.717, 1.165) is 17.9 Å². The highest BCUT2D eigenvalue weighted by atomic mass is 35.5. The van der Waals surface area contributed by atoms with Gasteiger partial charge in [0, 0.05) is 43.7 Å². The summed E-state index contributed by atoms with van der Waals surface area (Å²) in [7, 11) is 1.24. The number of benzene rings is 1. The molecule has 1 spiro atoms. The number of carboxylic acids is 1. The molecular formula is C30H40ClF2N5O6. The van der Waals surface area contributed by atoms with Crippen LogP contribution < -0.4 is 16.3 Å². The average Bonchev–Trinajstić information content (AvgIpc) is 3.63. The number of carboxylic acid groups (broad SMARTS) is 1. The number of aliphatic hydroxyl groups is 1. The molecule has 1 aromatic rings. The van der Waals surface area contributed by atoms with Crippen molar-refractivity contribution in [3.63, 3.8) is 0 Å². The van der Waals surface area contributed by atoms with E-state index >= 15 is 0 Å². The van der Waals surface area contributed by atoms with Crippen molar-refractivity contribution in [2.75, 3.05) is 33.3 Å². The summed E-state index contributed by atoms with van der Waals surface area (Å²) in [5, 5.41) is 22.1. The van der Waals surface area contributed by atoms with Gasteiger partial charge in [0.1, 0.15) is 23.5 Å². The van der Waals surface area contributed by atoms with Crippen LogP contribution in [0.3, 0.4) is 0 Å². The minimum absolute atomic E-state index is 0.0327. The Morgan fingerprint density at radius 3 is 2.57 bits per heavy atom. The third-order valence-corrected chi connectivity index (χ3v) is 10.4. The molecule has 5 rings (SSSR count). The van der Waals surface area contributed by atoms with Gasteiger partial charge < -0.3 is 35.5 Å². The van der Waals surface area contributed by atoms with Gasteiger partial charge in [-0.1, -0.05) is 18.0 Å². The fourth-order valence-corrected chi connectivity index (χ4v) is 7.46. The number of likely N-dealkylation sites (tertiary alicyclic amines) is 1. The number of hydrogen-bond acceptors (Lipinski definition) is 8. The van der Waals surface area contributed by atoms with Gasteiger partial charge in [-0.05, 0) is 62.1 Å². The van der Waals surface area contributed by atoms with Crippen LogP contribution in [0.25, 0.3) is 0 Å². The Hall–Kier alpha value is -3.16. The molecule has 1 saturated heterocycles. The van der Waals surface area contributed by atoms with Crippen molar-refractivity contribution in [1.29, 1.82) is 0 Å². The number of ether oxygens (including phenoxy) is 1. The number of alkyl halides is 2. The predicted octanol–water partition coefficient (Wildman–Crippen LogP) is 2.65. The molecule has 1 unspecified atom stereocenters. The van der Waals surface area contributed by atoms with Gasteiger partial charge in [0.15, 0.2) is 0 Å². The molecule has 3 fully saturated rings. The maximum atomic E-state index is 14.4. The number of allylic oxidation sites excluding steroid dienone is 1. The normalized spacial score (nSPS) is 28.2. The highest BCUT2D eigenvalue weighted by molar-refractivity contribution is 6.31. The van der Waals surface area contributed by atoms with E-state index in [-0.39, 0.29) is 48.7 Å². The summed E-state index contributed by atoms with van der Waals surface area (Å²) in [5.74, 6) is 3.09. The lowest BCUT2D eigenvalue weighted by Crippen LogP contribution is -2.56. The highest BCUT2D eigenvalue weighted by Gasteiger charge is 2.56. The molecule has 2 aliphatic carbocycles. The number of rotatable bonds is 9. The maximum absolute atomic E-state index is 14.4. The minimum Gasteiger partial charge on any atom is -0.487 e. The number of fused-ring (bicyclic) bond motifs is 1. The van der Waals surface area contributed by atoms with Crippen LogP contribution in [0, 0.1) is 16.7 Å². The second-order valence-corrected chi connectivity index (χ2v) is 13.3. The fourth-order valence-electron chi connectivity index (χ4n) is 7.20. The summed E-state index contributed by atoms with van der Waals surface area (Å²) in [6.45, 7) is 1.83. The summed E-state index contributed by atoms with van der Waals surface area (Å²) < 4.78 is 33.3. The first-order valence-electron chi connectivity index (χ1n) is 14.9. The van der Waals surface area contributed by atoms with E-state index in [9.17, 15) is 33.4 Å². The van der Waals surface area contributed by atoms with Crippen LogP contribution in [0.1, 0.15) is 62.6 Å². The lowest BCUT2D eigenvalue weighted by atomic mass is 9.64. The number of nitrogens with zero attached hydrogens (tertiary/aromatic N) is 3. The Balaban J connectivity index is 1.55. The number of hydrazine groups is 1. The standard InChI is InChI=1S/C30H40ClF2N5O6/c1-29(28(42)43)17(4-3-5-22(29)39)27(41)38-11-8-16-18(31)6-7-21(44-14-19(34)25(26(32)33)36(2)35)24(16)20(38)13-37-15-30(9-10-30)12-23(37)40/h6-7,17,20,22,26,39H,3-5,8-15,34-35H2,1-2H3,(H,42,43)/b25-19-/t17-,20?,22-,29+/m0/s1. The number of hydrogen-bond donors (Lipinski definition) is 4. The van der Waals surface area contributed by atoms with Gasteiger partial charge in [0.25, 0.3) is 6.43 Å². The van der Waals surface area contributed by atoms with Gasteiger partial charge in [-0.15, -0.1) is 0 Å². The predicted molar refractivity (Wildman–Crippen MR) is 156 cm³/mol. The first kappa shape index (κ1) is 32.2. The van der Waals surface area contributed by atoms with Crippen LogP contribution >= 0.6 is 11.6 Å². The van der Waals surface area contributed by atoms with Crippen LogP contribution in [0.4, 0.5) is 8.78 Å². The molecule has 1 aromatic carbocycles. The van der Waals surface area contributed by atoms with Gasteiger partial charge >= 0.3 is 5.97 Å². The number of aliphatic carboxylic acids is 1. The maximum Gasteiger partial charge on any atom is 0.312 e. The monoisotopic (exact) mass is 639 g/mol. The molecular weight excluding hydrogens is 600 g/mol. The van der Waals surface area contributed by atoms with E-state index in [1.54, 1.807) is 21.9 Å². The summed E-state index contributed by atoms with van der Waals surface area (Å²) in [4.78, 5) is 43.3. The summed E-state index contributed by atoms with van der Waals surface area (Å²) >= 11 is 6.65. The average molecular weight is 640 g/mol. The third kappa shape index (κ3) is 5.69. The van der Waals surface area contributed by atoms with Crippen molar-refractivity contribution in [2.24, 2.45) is 28.3 Å². The molecule has 6 N–H and O–H groups in total. The van der Waals surface area contributed by atoms with Gasteiger partial charge in [0.2, 0.25) is 11.8 Å². The molecule has 2 amide bonds. The lowest BCUT2D eigenvalue weighted by molar-refractivity contribution is -0.173. The molecule has 44 heavy (non-hydrogen) atoms. The highest BCUT2D eigenvalue weighted by Crippen LogP contribution is 2.54. The summed E-state index contributed by atoms with van der Waals surface area (Å²) in [6.07, 6.45) is -0.488.